The second-order valence-corrected chi connectivity index (χ2v) is 19.2. The van der Waals surface area contributed by atoms with Crippen LogP contribution in [0.4, 0.5) is 5.69 Å². The van der Waals surface area contributed by atoms with Gasteiger partial charge in [-0.25, -0.2) is 4.85 Å². The van der Waals surface area contributed by atoms with Crippen LogP contribution in [0.3, 0.4) is 0 Å². The van der Waals surface area contributed by atoms with Gasteiger partial charge in [-0.15, -0.1) is 0 Å². The Balaban J connectivity index is 0.897. The molecule has 6 heterocycles. The second kappa shape index (κ2) is 14.8. The number of hydrogen-bond acceptors (Lipinski definition) is 3. The topological polar surface area (TPSA) is 54.2 Å². The molecule has 1 aliphatic carbocycles. The lowest BCUT2D eigenvalue weighted by atomic mass is 9.66. The molecule has 0 fully saturated rings. The molecule has 1 spiro atoms. The van der Waals surface area contributed by atoms with Crippen molar-refractivity contribution in [3.8, 4) is 51.1 Å². The van der Waals surface area contributed by atoms with E-state index in [2.05, 4.69) is 213 Å². The van der Waals surface area contributed by atoms with Crippen LogP contribution in [0.5, 0.6) is 11.5 Å². The van der Waals surface area contributed by atoms with E-state index in [9.17, 15) is 0 Å². The molecule has 9 aromatic carbocycles. The van der Waals surface area contributed by atoms with Crippen molar-refractivity contribution in [3.05, 3.63) is 264 Å². The van der Waals surface area contributed by atoms with Gasteiger partial charge in [0.25, 0.3) is 0 Å². The highest BCUT2D eigenvalue weighted by atomic mass is 16.5. The number of hydrogen-bond donors (Lipinski definition) is 0. The molecule has 0 radical (unpaired) electrons. The Hall–Kier alpha value is -10.0. The van der Waals surface area contributed by atoms with Crippen molar-refractivity contribution in [3.63, 3.8) is 0 Å². The summed E-state index contributed by atoms with van der Waals surface area (Å²) in [5.41, 5.74) is 17.7. The molecule has 0 bridgehead atoms. The molecular weight excluding hydrogens is 893 g/mol. The van der Waals surface area contributed by atoms with Crippen LogP contribution in [-0.4, -0.2) is 23.7 Å². The van der Waals surface area contributed by atoms with Crippen LogP contribution in [0.25, 0.3) is 110 Å². The molecular formula is C66H38N6O. The Labute approximate surface area is 418 Å². The maximum absolute atomic E-state index is 8.06. The van der Waals surface area contributed by atoms with E-state index in [1.807, 2.05) is 36.7 Å². The van der Waals surface area contributed by atoms with Gasteiger partial charge in [-0.2, -0.15) is 0 Å². The van der Waals surface area contributed by atoms with Crippen molar-refractivity contribution >= 4 is 71.1 Å². The van der Waals surface area contributed by atoms with Gasteiger partial charge in [0.2, 0.25) is 0 Å². The van der Waals surface area contributed by atoms with E-state index in [4.69, 9.17) is 21.3 Å². The van der Waals surface area contributed by atoms with E-state index in [1.54, 1.807) is 0 Å². The molecule has 7 heteroatoms. The SMILES string of the molecule is [C-]#[N+]c1ccc2c(c1)c1cc(-c3ccc4c(c3)Oc3ccc(-n5c6ccccc6c6ccccc65)cc3C43c4cccnc4-c4ncccc43)ccc1n2-c1ccccc1-n1c2ccccc2c2ccccc21. The molecule has 0 saturated heterocycles. The van der Waals surface area contributed by atoms with Gasteiger partial charge < -0.3 is 18.4 Å². The van der Waals surface area contributed by atoms with Crippen LogP contribution in [0.2, 0.25) is 0 Å². The summed E-state index contributed by atoms with van der Waals surface area (Å²) in [5, 5.41) is 6.92. The standard InChI is InChI=1S/C66H38N6O/c1-67-42-28-32-59-49(38-42)48-36-40(27-31-58(48)72(59)61-25-11-10-24-60(61)71-56-22-8-4-16-46(56)47-17-5-9-23-57(47)71)41-26-30-50-63(37-41)73-62-33-29-43(70-54-20-6-2-14-44(54)45-15-3-7-21-55(45)70)39-53(62)66(50)51-18-12-34-68-64(51)65-52(66)19-13-35-69-65/h2-39H. The van der Waals surface area contributed by atoms with E-state index in [0.717, 1.165) is 117 Å². The summed E-state index contributed by atoms with van der Waals surface area (Å²) in [4.78, 5) is 13.9. The zero-order valence-corrected chi connectivity index (χ0v) is 39.0. The molecule has 5 aromatic heterocycles. The monoisotopic (exact) mass is 930 g/mol. The quantitative estimate of drug-likeness (QED) is 0.165. The Morgan fingerprint density at radius 1 is 0.370 bits per heavy atom. The van der Waals surface area contributed by atoms with Gasteiger partial charge in [-0.3, -0.25) is 9.97 Å². The summed E-state index contributed by atoms with van der Waals surface area (Å²) in [6.07, 6.45) is 3.73. The van der Waals surface area contributed by atoms with Gasteiger partial charge in [0, 0.05) is 56.1 Å². The average Bonchev–Trinajstić information content (AvgIpc) is 4.17. The number of aromatic nitrogens is 5. The van der Waals surface area contributed by atoms with Crippen molar-refractivity contribution in [1.29, 1.82) is 0 Å². The third kappa shape index (κ3) is 5.30. The molecule has 0 amide bonds. The molecule has 2 aliphatic rings. The van der Waals surface area contributed by atoms with Crippen LogP contribution in [0, 0.1) is 6.57 Å². The first-order valence-electron chi connectivity index (χ1n) is 24.6. The third-order valence-corrected chi connectivity index (χ3v) is 15.6. The largest absolute Gasteiger partial charge is 0.457 e. The Kier molecular flexibility index (Phi) is 8.04. The zero-order valence-electron chi connectivity index (χ0n) is 39.0. The number of benzene rings is 9. The minimum Gasteiger partial charge on any atom is -0.457 e. The van der Waals surface area contributed by atoms with E-state index in [-0.39, 0.29) is 0 Å². The number of fused-ring (bicyclic) bond motifs is 18. The van der Waals surface area contributed by atoms with Crippen molar-refractivity contribution < 1.29 is 4.74 Å². The highest BCUT2D eigenvalue weighted by molar-refractivity contribution is 6.13. The van der Waals surface area contributed by atoms with Crippen LogP contribution in [0.1, 0.15) is 22.3 Å². The van der Waals surface area contributed by atoms with Crippen LogP contribution >= 0.6 is 0 Å². The van der Waals surface area contributed by atoms with Crippen LogP contribution in [0.15, 0.2) is 231 Å². The van der Waals surface area contributed by atoms with Crippen molar-refractivity contribution in [2.45, 2.75) is 5.41 Å². The van der Waals surface area contributed by atoms with Crippen LogP contribution < -0.4 is 4.74 Å². The number of para-hydroxylation sites is 6. The molecule has 7 nitrogen and oxygen atoms in total. The lowest BCUT2D eigenvalue weighted by Gasteiger charge is -2.39. The van der Waals surface area contributed by atoms with Crippen molar-refractivity contribution in [2.24, 2.45) is 0 Å². The average molecular weight is 931 g/mol. The molecule has 0 unspecified atom stereocenters. The number of ether oxygens (including phenoxy) is 1. The molecule has 338 valence electrons. The fraction of sp³-hybridized carbons (Fsp3) is 0.0152. The smallest absolute Gasteiger partial charge is 0.188 e. The van der Waals surface area contributed by atoms with Gasteiger partial charge >= 0.3 is 0 Å². The maximum Gasteiger partial charge on any atom is 0.188 e. The molecule has 0 saturated carbocycles. The van der Waals surface area contributed by atoms with Gasteiger partial charge in [-0.1, -0.05) is 121 Å². The fourth-order valence-corrected chi connectivity index (χ4v) is 12.7. The van der Waals surface area contributed by atoms with Crippen molar-refractivity contribution in [2.75, 3.05) is 0 Å². The van der Waals surface area contributed by atoms with Gasteiger partial charge in [0.05, 0.1) is 67.8 Å². The number of nitrogens with zero attached hydrogens (tertiary/aromatic N) is 6. The number of rotatable bonds is 4. The maximum atomic E-state index is 8.06. The van der Waals surface area contributed by atoms with E-state index in [1.165, 1.54) is 21.5 Å². The Morgan fingerprint density at radius 2 is 0.863 bits per heavy atom. The van der Waals surface area contributed by atoms with E-state index < -0.39 is 5.41 Å². The summed E-state index contributed by atoms with van der Waals surface area (Å²) in [6.45, 7) is 8.06. The first kappa shape index (κ1) is 39.8. The zero-order chi connectivity index (χ0) is 47.9. The van der Waals surface area contributed by atoms with Gasteiger partial charge in [0.1, 0.15) is 11.5 Å². The predicted molar refractivity (Wildman–Crippen MR) is 294 cm³/mol. The first-order chi connectivity index (χ1) is 36.2. The predicted octanol–water partition coefficient (Wildman–Crippen LogP) is 16.5. The molecule has 73 heavy (non-hydrogen) atoms. The molecule has 0 N–H and O–H groups in total. The summed E-state index contributed by atoms with van der Waals surface area (Å²) < 4.78 is 14.3. The van der Waals surface area contributed by atoms with Crippen LogP contribution in [-0.2, 0) is 5.41 Å². The normalized spacial score (nSPS) is 13.1. The van der Waals surface area contributed by atoms with E-state index in [0.29, 0.717) is 5.69 Å². The second-order valence-electron chi connectivity index (χ2n) is 19.2. The lowest BCUT2D eigenvalue weighted by molar-refractivity contribution is 0.436. The minimum absolute atomic E-state index is 0.598. The van der Waals surface area contributed by atoms with Gasteiger partial charge in [0.15, 0.2) is 5.69 Å². The molecule has 1 aliphatic heterocycles. The summed E-state index contributed by atoms with van der Waals surface area (Å²) in [7, 11) is 0. The highest BCUT2D eigenvalue weighted by Crippen LogP contribution is 2.62. The lowest BCUT2D eigenvalue weighted by Crippen LogP contribution is -2.32. The fourth-order valence-electron chi connectivity index (χ4n) is 12.7. The Morgan fingerprint density at radius 3 is 1.45 bits per heavy atom. The van der Waals surface area contributed by atoms with Gasteiger partial charge in [-0.05, 0) is 125 Å². The Bertz CT molecular complexity index is 4600. The molecule has 14 aromatic rings. The van der Waals surface area contributed by atoms with Crippen molar-refractivity contribution in [1.82, 2.24) is 23.7 Å². The third-order valence-electron chi connectivity index (χ3n) is 15.6. The summed E-state index contributed by atoms with van der Waals surface area (Å²) >= 11 is 0. The summed E-state index contributed by atoms with van der Waals surface area (Å²) in [6, 6.07) is 77.9. The molecule has 16 rings (SSSR count). The molecule has 0 atom stereocenters. The number of pyridine rings is 2. The highest BCUT2D eigenvalue weighted by Gasteiger charge is 2.52. The first-order valence-corrected chi connectivity index (χ1v) is 24.6. The summed E-state index contributed by atoms with van der Waals surface area (Å²) in [5.74, 6) is 1.56. The van der Waals surface area contributed by atoms with E-state index >= 15 is 0 Å². The minimum atomic E-state index is -0.777.